The SMILES string of the molecule is Cc1cccc2c1NCC(C)N2. The van der Waals surface area contributed by atoms with Gasteiger partial charge in [-0.15, -0.1) is 0 Å². The lowest BCUT2D eigenvalue weighted by Gasteiger charge is -2.26. The van der Waals surface area contributed by atoms with E-state index in [0.29, 0.717) is 6.04 Å². The summed E-state index contributed by atoms with van der Waals surface area (Å²) >= 11 is 0. The molecule has 1 atom stereocenters. The van der Waals surface area contributed by atoms with Crippen LogP contribution in [0.2, 0.25) is 0 Å². The molecule has 0 aromatic heterocycles. The molecule has 1 heterocycles. The summed E-state index contributed by atoms with van der Waals surface area (Å²) in [7, 11) is 0. The van der Waals surface area contributed by atoms with E-state index in [1.165, 1.54) is 16.9 Å². The van der Waals surface area contributed by atoms with Gasteiger partial charge in [0.2, 0.25) is 0 Å². The fourth-order valence-electron chi connectivity index (χ4n) is 1.59. The molecule has 0 radical (unpaired) electrons. The van der Waals surface area contributed by atoms with E-state index >= 15 is 0 Å². The maximum Gasteiger partial charge on any atom is 0.0606 e. The Morgan fingerprint density at radius 2 is 2.25 bits per heavy atom. The number of anilines is 2. The molecule has 2 nitrogen and oxygen atoms in total. The van der Waals surface area contributed by atoms with Crippen LogP contribution in [0.25, 0.3) is 0 Å². The lowest BCUT2D eigenvalue weighted by atomic mass is 10.1. The lowest BCUT2D eigenvalue weighted by Crippen LogP contribution is -2.30. The van der Waals surface area contributed by atoms with Crippen LogP contribution in [0.1, 0.15) is 12.5 Å². The van der Waals surface area contributed by atoms with Crippen LogP contribution in [0.3, 0.4) is 0 Å². The van der Waals surface area contributed by atoms with E-state index in [2.05, 4.69) is 42.7 Å². The van der Waals surface area contributed by atoms with Gasteiger partial charge in [0.05, 0.1) is 11.4 Å². The fourth-order valence-corrected chi connectivity index (χ4v) is 1.59. The first-order valence-electron chi connectivity index (χ1n) is 4.37. The molecule has 0 bridgehead atoms. The van der Waals surface area contributed by atoms with Gasteiger partial charge in [0.1, 0.15) is 0 Å². The normalized spacial score (nSPS) is 20.7. The van der Waals surface area contributed by atoms with E-state index in [1.807, 2.05) is 0 Å². The van der Waals surface area contributed by atoms with Gasteiger partial charge in [-0.2, -0.15) is 0 Å². The van der Waals surface area contributed by atoms with Gasteiger partial charge in [0.25, 0.3) is 0 Å². The Morgan fingerprint density at radius 3 is 3.08 bits per heavy atom. The van der Waals surface area contributed by atoms with E-state index in [0.717, 1.165) is 6.54 Å². The van der Waals surface area contributed by atoms with Crippen molar-refractivity contribution in [1.29, 1.82) is 0 Å². The summed E-state index contributed by atoms with van der Waals surface area (Å²) in [6, 6.07) is 6.86. The molecule has 2 heteroatoms. The summed E-state index contributed by atoms with van der Waals surface area (Å²) in [5, 5.41) is 6.86. The van der Waals surface area contributed by atoms with Crippen LogP contribution in [0, 0.1) is 6.92 Å². The minimum Gasteiger partial charge on any atom is -0.381 e. The van der Waals surface area contributed by atoms with Crippen LogP contribution < -0.4 is 10.6 Å². The highest BCUT2D eigenvalue weighted by Gasteiger charge is 2.13. The smallest absolute Gasteiger partial charge is 0.0606 e. The summed E-state index contributed by atoms with van der Waals surface area (Å²) in [6.45, 7) is 5.32. The van der Waals surface area contributed by atoms with E-state index in [1.54, 1.807) is 0 Å². The number of hydrogen-bond donors (Lipinski definition) is 2. The Hall–Kier alpha value is -1.18. The van der Waals surface area contributed by atoms with Crippen LogP contribution in [-0.4, -0.2) is 12.6 Å². The highest BCUT2D eigenvalue weighted by molar-refractivity contribution is 5.74. The third kappa shape index (κ3) is 1.13. The zero-order chi connectivity index (χ0) is 8.55. The summed E-state index contributed by atoms with van der Waals surface area (Å²) in [5.41, 5.74) is 3.80. The monoisotopic (exact) mass is 162 g/mol. The van der Waals surface area contributed by atoms with Gasteiger partial charge in [-0.3, -0.25) is 0 Å². The van der Waals surface area contributed by atoms with Gasteiger partial charge in [-0.05, 0) is 25.5 Å². The van der Waals surface area contributed by atoms with Crippen molar-refractivity contribution in [2.75, 3.05) is 17.2 Å². The predicted octanol–water partition coefficient (Wildman–Crippen LogP) is 2.22. The highest BCUT2D eigenvalue weighted by Crippen LogP contribution is 2.28. The lowest BCUT2D eigenvalue weighted by molar-refractivity contribution is 0.816. The number of para-hydroxylation sites is 1. The zero-order valence-electron chi connectivity index (χ0n) is 7.52. The van der Waals surface area contributed by atoms with E-state index in [9.17, 15) is 0 Å². The molecule has 0 aliphatic carbocycles. The van der Waals surface area contributed by atoms with Gasteiger partial charge >= 0.3 is 0 Å². The quantitative estimate of drug-likeness (QED) is 0.611. The summed E-state index contributed by atoms with van der Waals surface area (Å²) in [6.07, 6.45) is 0. The second kappa shape index (κ2) is 2.70. The molecular formula is C10H14N2. The Balaban J connectivity index is 2.42. The van der Waals surface area contributed by atoms with E-state index < -0.39 is 0 Å². The molecule has 1 aliphatic rings. The van der Waals surface area contributed by atoms with Crippen molar-refractivity contribution in [3.05, 3.63) is 23.8 Å². The molecule has 0 saturated heterocycles. The number of benzene rings is 1. The van der Waals surface area contributed by atoms with E-state index in [-0.39, 0.29) is 0 Å². The van der Waals surface area contributed by atoms with Crippen molar-refractivity contribution >= 4 is 11.4 Å². The van der Waals surface area contributed by atoms with Crippen LogP contribution in [0.5, 0.6) is 0 Å². The first-order chi connectivity index (χ1) is 5.77. The first kappa shape index (κ1) is 7.47. The van der Waals surface area contributed by atoms with Crippen LogP contribution >= 0.6 is 0 Å². The largest absolute Gasteiger partial charge is 0.381 e. The maximum absolute atomic E-state index is 3.44. The van der Waals surface area contributed by atoms with Crippen molar-refractivity contribution in [3.8, 4) is 0 Å². The second-order valence-electron chi connectivity index (χ2n) is 3.42. The number of hydrogen-bond acceptors (Lipinski definition) is 2. The predicted molar refractivity (Wildman–Crippen MR) is 52.8 cm³/mol. The van der Waals surface area contributed by atoms with Gasteiger partial charge in [0.15, 0.2) is 0 Å². The van der Waals surface area contributed by atoms with Gasteiger partial charge < -0.3 is 10.6 Å². The number of aryl methyl sites for hydroxylation is 1. The van der Waals surface area contributed by atoms with Crippen molar-refractivity contribution in [3.63, 3.8) is 0 Å². The molecule has 2 rings (SSSR count). The Bertz CT molecular complexity index is 294. The highest BCUT2D eigenvalue weighted by atomic mass is 15.1. The maximum atomic E-state index is 3.44. The molecule has 64 valence electrons. The molecule has 0 saturated carbocycles. The Morgan fingerprint density at radius 1 is 1.42 bits per heavy atom. The van der Waals surface area contributed by atoms with Crippen molar-refractivity contribution < 1.29 is 0 Å². The second-order valence-corrected chi connectivity index (χ2v) is 3.42. The van der Waals surface area contributed by atoms with Crippen molar-refractivity contribution in [2.24, 2.45) is 0 Å². The topological polar surface area (TPSA) is 24.1 Å². The minimum atomic E-state index is 0.527. The third-order valence-corrected chi connectivity index (χ3v) is 2.26. The van der Waals surface area contributed by atoms with Crippen molar-refractivity contribution in [2.45, 2.75) is 19.9 Å². The summed E-state index contributed by atoms with van der Waals surface area (Å²) in [5.74, 6) is 0. The standard InChI is InChI=1S/C10H14N2/c1-7-4-3-5-9-10(7)11-6-8(2)12-9/h3-5,8,11-12H,6H2,1-2H3. The minimum absolute atomic E-state index is 0.527. The molecule has 1 unspecified atom stereocenters. The van der Waals surface area contributed by atoms with E-state index in [4.69, 9.17) is 0 Å². The fraction of sp³-hybridized carbons (Fsp3) is 0.400. The molecule has 0 fully saturated rings. The zero-order valence-corrected chi connectivity index (χ0v) is 7.52. The molecular weight excluding hydrogens is 148 g/mol. The number of fused-ring (bicyclic) bond motifs is 1. The molecule has 0 spiro atoms. The molecule has 2 N–H and O–H groups in total. The molecule has 1 aliphatic heterocycles. The van der Waals surface area contributed by atoms with Gasteiger partial charge in [-0.25, -0.2) is 0 Å². The number of rotatable bonds is 0. The average molecular weight is 162 g/mol. The third-order valence-electron chi connectivity index (χ3n) is 2.26. The molecule has 0 amide bonds. The first-order valence-corrected chi connectivity index (χ1v) is 4.37. The van der Waals surface area contributed by atoms with Crippen LogP contribution in [0.15, 0.2) is 18.2 Å². The average Bonchev–Trinajstić information content (AvgIpc) is 2.04. The van der Waals surface area contributed by atoms with Gasteiger partial charge in [-0.1, -0.05) is 12.1 Å². The van der Waals surface area contributed by atoms with Crippen LogP contribution in [0.4, 0.5) is 11.4 Å². The Labute approximate surface area is 73.0 Å². The van der Waals surface area contributed by atoms with Crippen molar-refractivity contribution in [1.82, 2.24) is 0 Å². The molecule has 1 aromatic carbocycles. The summed E-state index contributed by atoms with van der Waals surface area (Å²) in [4.78, 5) is 0. The summed E-state index contributed by atoms with van der Waals surface area (Å²) < 4.78 is 0. The van der Waals surface area contributed by atoms with Gasteiger partial charge in [0, 0.05) is 12.6 Å². The number of nitrogens with one attached hydrogen (secondary N) is 2. The van der Waals surface area contributed by atoms with Crippen LogP contribution in [-0.2, 0) is 0 Å². The molecule has 1 aromatic rings. The Kier molecular flexibility index (Phi) is 1.68. The molecule has 12 heavy (non-hydrogen) atoms.